The lowest BCUT2D eigenvalue weighted by Crippen LogP contribution is -2.30. The van der Waals surface area contributed by atoms with Gasteiger partial charge in [0.15, 0.2) is 5.82 Å². The van der Waals surface area contributed by atoms with Gasteiger partial charge in [0.25, 0.3) is 5.91 Å². The normalized spacial score (nSPS) is 19.9. The molecule has 138 valence electrons. The van der Waals surface area contributed by atoms with Crippen LogP contribution in [0.4, 0.5) is 0 Å². The minimum atomic E-state index is -0.128. The third-order valence-electron chi connectivity index (χ3n) is 5.07. The largest absolute Gasteiger partial charge is 0.381 e. The molecule has 1 saturated heterocycles. The number of hydrogen-bond donors (Lipinski definition) is 0. The van der Waals surface area contributed by atoms with Crippen molar-refractivity contribution in [3.8, 4) is 0 Å². The molecule has 0 spiro atoms. The highest BCUT2D eigenvalue weighted by Gasteiger charge is 2.34. The number of rotatable bonds is 7. The van der Waals surface area contributed by atoms with Gasteiger partial charge >= 0.3 is 0 Å². The summed E-state index contributed by atoms with van der Waals surface area (Å²) in [5.41, 5.74) is 1.79. The molecule has 2 heterocycles. The Morgan fingerprint density at radius 2 is 2.23 bits per heavy atom. The number of carbonyl (C=O) groups excluding carboxylic acids is 1. The number of nitrogens with zero attached hydrogens (tertiary/aromatic N) is 3. The fourth-order valence-corrected chi connectivity index (χ4v) is 3.41. The van der Waals surface area contributed by atoms with Gasteiger partial charge in [-0.3, -0.25) is 4.79 Å². The average molecular weight is 355 g/mol. The smallest absolute Gasteiger partial charge is 0.254 e. The molecule has 0 bridgehead atoms. The SMILES string of the molecule is Cc1cccc(C(=O)N2CCCC2c2nc(CCOCC3CC3)no2)c1. The molecule has 2 fully saturated rings. The Kier molecular flexibility index (Phi) is 5.02. The van der Waals surface area contributed by atoms with Gasteiger partial charge in [-0.1, -0.05) is 22.9 Å². The predicted octanol–water partition coefficient (Wildman–Crippen LogP) is 3.32. The Hall–Kier alpha value is -2.21. The van der Waals surface area contributed by atoms with Crippen molar-refractivity contribution in [2.45, 2.75) is 45.1 Å². The molecule has 6 heteroatoms. The highest BCUT2D eigenvalue weighted by molar-refractivity contribution is 5.94. The van der Waals surface area contributed by atoms with Crippen LogP contribution in [0.3, 0.4) is 0 Å². The first-order valence-electron chi connectivity index (χ1n) is 9.48. The summed E-state index contributed by atoms with van der Waals surface area (Å²) in [6.45, 7) is 4.17. The summed E-state index contributed by atoms with van der Waals surface area (Å²) < 4.78 is 11.1. The van der Waals surface area contributed by atoms with E-state index in [0.29, 0.717) is 30.3 Å². The molecule has 1 aliphatic heterocycles. The van der Waals surface area contributed by atoms with E-state index in [9.17, 15) is 4.79 Å². The van der Waals surface area contributed by atoms with E-state index in [1.165, 1.54) is 12.8 Å². The number of hydrogen-bond acceptors (Lipinski definition) is 5. The van der Waals surface area contributed by atoms with Crippen LogP contribution in [-0.2, 0) is 11.2 Å². The second kappa shape index (κ2) is 7.58. The molecule has 1 aromatic heterocycles. The zero-order valence-corrected chi connectivity index (χ0v) is 15.2. The van der Waals surface area contributed by atoms with Crippen LogP contribution in [0, 0.1) is 12.8 Å². The van der Waals surface area contributed by atoms with Crippen molar-refractivity contribution in [3.63, 3.8) is 0 Å². The number of carbonyl (C=O) groups is 1. The van der Waals surface area contributed by atoms with Gasteiger partial charge in [0, 0.05) is 25.1 Å². The molecule has 1 unspecified atom stereocenters. The number of aromatic nitrogens is 2. The van der Waals surface area contributed by atoms with Crippen molar-refractivity contribution in [1.82, 2.24) is 15.0 Å². The molecule has 2 aliphatic rings. The van der Waals surface area contributed by atoms with Gasteiger partial charge in [0.2, 0.25) is 5.89 Å². The van der Waals surface area contributed by atoms with Gasteiger partial charge in [-0.2, -0.15) is 4.98 Å². The van der Waals surface area contributed by atoms with E-state index >= 15 is 0 Å². The van der Waals surface area contributed by atoms with Crippen molar-refractivity contribution < 1.29 is 14.1 Å². The summed E-state index contributed by atoms with van der Waals surface area (Å²) in [6, 6.07) is 7.57. The minimum absolute atomic E-state index is 0.0312. The van der Waals surface area contributed by atoms with E-state index in [0.717, 1.165) is 37.5 Å². The standard InChI is InChI=1S/C20H25N3O3/c1-14-4-2-5-16(12-14)20(24)23-10-3-6-17(23)19-21-18(22-26-19)9-11-25-13-15-7-8-15/h2,4-5,12,15,17H,3,6-11,13H2,1H3. The van der Waals surface area contributed by atoms with Crippen LogP contribution in [0.5, 0.6) is 0 Å². The Morgan fingerprint density at radius 3 is 3.04 bits per heavy atom. The van der Waals surface area contributed by atoms with E-state index in [1.807, 2.05) is 36.1 Å². The maximum atomic E-state index is 12.9. The van der Waals surface area contributed by atoms with Crippen molar-refractivity contribution in [3.05, 3.63) is 47.1 Å². The summed E-state index contributed by atoms with van der Waals surface area (Å²) in [5.74, 6) is 1.99. The average Bonchev–Trinajstić information content (AvgIpc) is 3.15. The van der Waals surface area contributed by atoms with Crippen LogP contribution in [0.2, 0.25) is 0 Å². The first-order valence-corrected chi connectivity index (χ1v) is 9.48. The Morgan fingerprint density at radius 1 is 1.35 bits per heavy atom. The van der Waals surface area contributed by atoms with Crippen molar-refractivity contribution in [1.29, 1.82) is 0 Å². The maximum Gasteiger partial charge on any atom is 0.254 e. The molecule has 1 saturated carbocycles. The lowest BCUT2D eigenvalue weighted by atomic mass is 10.1. The molecular formula is C20H25N3O3. The van der Waals surface area contributed by atoms with E-state index in [4.69, 9.17) is 9.26 Å². The fourth-order valence-electron chi connectivity index (χ4n) is 3.41. The second-order valence-corrected chi connectivity index (χ2v) is 7.34. The fraction of sp³-hybridized carbons (Fsp3) is 0.550. The monoisotopic (exact) mass is 355 g/mol. The zero-order chi connectivity index (χ0) is 17.9. The molecule has 6 nitrogen and oxygen atoms in total. The number of ether oxygens (including phenoxy) is 1. The van der Waals surface area contributed by atoms with Crippen LogP contribution < -0.4 is 0 Å². The first kappa shape index (κ1) is 17.2. The van der Waals surface area contributed by atoms with Crippen LogP contribution in [0.1, 0.15) is 59.4 Å². The quantitative estimate of drug-likeness (QED) is 0.713. The summed E-state index contributed by atoms with van der Waals surface area (Å²) >= 11 is 0. The van der Waals surface area contributed by atoms with E-state index in [1.54, 1.807) is 0 Å². The van der Waals surface area contributed by atoms with Gasteiger partial charge in [-0.05, 0) is 50.7 Å². The Labute approximate surface area is 153 Å². The number of benzene rings is 1. The molecule has 0 radical (unpaired) electrons. The van der Waals surface area contributed by atoms with Crippen LogP contribution in [0.15, 0.2) is 28.8 Å². The topological polar surface area (TPSA) is 68.5 Å². The lowest BCUT2D eigenvalue weighted by molar-refractivity contribution is 0.0710. The third-order valence-corrected chi connectivity index (χ3v) is 5.07. The molecule has 4 rings (SSSR count). The zero-order valence-electron chi connectivity index (χ0n) is 15.2. The molecular weight excluding hydrogens is 330 g/mol. The van der Waals surface area contributed by atoms with E-state index in [2.05, 4.69) is 10.1 Å². The first-order chi connectivity index (χ1) is 12.7. The number of aryl methyl sites for hydroxylation is 1. The molecule has 1 aromatic carbocycles. The maximum absolute atomic E-state index is 12.9. The third kappa shape index (κ3) is 3.96. The second-order valence-electron chi connectivity index (χ2n) is 7.34. The van der Waals surface area contributed by atoms with Crippen molar-refractivity contribution in [2.75, 3.05) is 19.8 Å². The molecule has 26 heavy (non-hydrogen) atoms. The van der Waals surface area contributed by atoms with Gasteiger partial charge in [-0.25, -0.2) is 0 Å². The summed E-state index contributed by atoms with van der Waals surface area (Å²) in [5, 5.41) is 4.07. The molecule has 0 N–H and O–H groups in total. The van der Waals surface area contributed by atoms with Crippen LogP contribution >= 0.6 is 0 Å². The molecule has 2 aromatic rings. The molecule has 1 amide bonds. The lowest BCUT2D eigenvalue weighted by Gasteiger charge is -2.22. The van der Waals surface area contributed by atoms with E-state index in [-0.39, 0.29) is 11.9 Å². The summed E-state index contributed by atoms with van der Waals surface area (Å²) in [7, 11) is 0. The van der Waals surface area contributed by atoms with Gasteiger partial charge in [0.05, 0.1) is 6.61 Å². The van der Waals surface area contributed by atoms with Crippen LogP contribution in [0.25, 0.3) is 0 Å². The van der Waals surface area contributed by atoms with Gasteiger partial charge in [0.1, 0.15) is 6.04 Å². The number of amides is 1. The predicted molar refractivity (Wildman–Crippen MR) is 95.7 cm³/mol. The summed E-state index contributed by atoms with van der Waals surface area (Å²) in [6.07, 6.45) is 5.04. The highest BCUT2D eigenvalue weighted by atomic mass is 16.5. The van der Waals surface area contributed by atoms with Gasteiger partial charge < -0.3 is 14.2 Å². The minimum Gasteiger partial charge on any atom is -0.381 e. The summed E-state index contributed by atoms with van der Waals surface area (Å²) in [4.78, 5) is 19.3. The molecule has 1 atom stereocenters. The van der Waals surface area contributed by atoms with Crippen molar-refractivity contribution >= 4 is 5.91 Å². The Bertz CT molecular complexity index is 769. The van der Waals surface area contributed by atoms with Crippen LogP contribution in [-0.4, -0.2) is 40.7 Å². The van der Waals surface area contributed by atoms with E-state index < -0.39 is 0 Å². The highest BCUT2D eigenvalue weighted by Crippen LogP contribution is 2.32. The van der Waals surface area contributed by atoms with Crippen molar-refractivity contribution in [2.24, 2.45) is 5.92 Å². The van der Waals surface area contributed by atoms with Gasteiger partial charge in [-0.15, -0.1) is 0 Å². The number of likely N-dealkylation sites (tertiary alicyclic amines) is 1. The Balaban J connectivity index is 1.39. The molecule has 1 aliphatic carbocycles.